The minimum absolute atomic E-state index is 0.0126. The topological polar surface area (TPSA) is 54.6 Å². The summed E-state index contributed by atoms with van der Waals surface area (Å²) < 4.78 is 11.7. The van der Waals surface area contributed by atoms with Crippen LogP contribution in [-0.2, 0) is 9.47 Å². The Morgan fingerprint density at radius 1 is 1.22 bits per heavy atom. The van der Waals surface area contributed by atoms with E-state index in [1.54, 1.807) is 7.11 Å². The van der Waals surface area contributed by atoms with Gasteiger partial charge in [-0.25, -0.2) is 4.99 Å². The zero-order valence-corrected chi connectivity index (χ0v) is 11.0. The van der Waals surface area contributed by atoms with E-state index in [-0.39, 0.29) is 28.6 Å². The van der Waals surface area contributed by atoms with Crippen molar-refractivity contribution in [2.45, 2.75) is 38.5 Å². The van der Waals surface area contributed by atoms with Crippen LogP contribution >= 0.6 is 0 Å². The molecule has 1 saturated heterocycles. The summed E-state index contributed by atoms with van der Waals surface area (Å²) in [7, 11) is 1.63. The van der Waals surface area contributed by atoms with E-state index in [1.165, 1.54) is 0 Å². The van der Waals surface area contributed by atoms with Crippen molar-refractivity contribution in [2.24, 2.45) is 33.1 Å². The van der Waals surface area contributed by atoms with Crippen molar-refractivity contribution in [1.82, 2.24) is 0 Å². The lowest BCUT2D eigenvalue weighted by molar-refractivity contribution is -0.368. The average molecular weight is 244 g/mol. The second-order valence-electron chi connectivity index (χ2n) is 7.12. The van der Waals surface area contributed by atoms with Crippen LogP contribution in [0.3, 0.4) is 0 Å². The fourth-order valence-electron chi connectivity index (χ4n) is 6.67. The first-order valence-electron chi connectivity index (χ1n) is 6.66. The van der Waals surface area contributed by atoms with Crippen molar-refractivity contribution in [2.75, 3.05) is 7.11 Å². The van der Waals surface area contributed by atoms with Crippen LogP contribution < -0.4 is 0 Å². The maximum Gasteiger partial charge on any atom is 0.208 e. The standard InChI is InChI=1S/C14H16N2O2/c1-11-6-7-9-14(5-15,12(7,11)2)10(17-4)16-13(11,3)8(6)18-9/h6-9H,1-4H3/t6-,7+,8+,9-,11-,12-,13+,14+/m1/s1. The molecule has 0 spiro atoms. The maximum atomic E-state index is 9.81. The van der Waals surface area contributed by atoms with Crippen LogP contribution in [0.25, 0.3) is 0 Å². The summed E-state index contributed by atoms with van der Waals surface area (Å²) in [5.41, 5.74) is -0.735. The molecular formula is C14H16N2O2. The molecule has 2 heterocycles. The fraction of sp³-hybridized carbons (Fsp3) is 0.857. The highest BCUT2D eigenvalue weighted by molar-refractivity contribution is 5.93. The van der Waals surface area contributed by atoms with E-state index < -0.39 is 5.41 Å². The van der Waals surface area contributed by atoms with Gasteiger partial charge in [-0.05, 0) is 6.92 Å². The quantitative estimate of drug-likeness (QED) is 0.646. The molecule has 0 amide bonds. The van der Waals surface area contributed by atoms with Crippen molar-refractivity contribution in [3.05, 3.63) is 0 Å². The summed E-state index contributed by atoms with van der Waals surface area (Å²) in [6, 6.07) is 2.52. The van der Waals surface area contributed by atoms with Crippen LogP contribution in [0.4, 0.5) is 0 Å². The summed E-state index contributed by atoms with van der Waals surface area (Å²) >= 11 is 0. The van der Waals surface area contributed by atoms with Crippen molar-refractivity contribution in [3.8, 4) is 6.07 Å². The molecule has 18 heavy (non-hydrogen) atoms. The lowest BCUT2D eigenvalue weighted by atomic mass is 9.14. The molecule has 4 nitrogen and oxygen atoms in total. The number of nitrogens with zero attached hydrogens (tertiary/aromatic N) is 2. The lowest BCUT2D eigenvalue weighted by Crippen LogP contribution is -2.94. The van der Waals surface area contributed by atoms with E-state index in [4.69, 9.17) is 14.5 Å². The molecule has 94 valence electrons. The second kappa shape index (κ2) is 2.02. The van der Waals surface area contributed by atoms with Gasteiger partial charge in [0.15, 0.2) is 5.41 Å². The minimum atomic E-state index is -0.636. The number of methoxy groups -OCH3 is 1. The highest BCUT2D eigenvalue weighted by atomic mass is 16.5. The van der Waals surface area contributed by atoms with E-state index in [0.29, 0.717) is 17.7 Å². The number of rotatable bonds is 0. The number of aliphatic imine (C=N–C) groups is 1. The largest absolute Gasteiger partial charge is 0.483 e. The Morgan fingerprint density at radius 3 is 2.50 bits per heavy atom. The molecule has 0 radical (unpaired) electrons. The van der Waals surface area contributed by atoms with Gasteiger partial charge < -0.3 is 9.47 Å². The Hall–Kier alpha value is -1.08. The van der Waals surface area contributed by atoms with Crippen molar-refractivity contribution in [1.29, 1.82) is 5.26 Å². The summed E-state index contributed by atoms with van der Waals surface area (Å²) in [5.74, 6) is 1.77. The van der Waals surface area contributed by atoms with Gasteiger partial charge in [-0.15, -0.1) is 0 Å². The van der Waals surface area contributed by atoms with Gasteiger partial charge in [0.05, 0.1) is 30.9 Å². The van der Waals surface area contributed by atoms with Crippen molar-refractivity contribution >= 4 is 5.90 Å². The van der Waals surface area contributed by atoms with Crippen LogP contribution in [0.15, 0.2) is 4.99 Å². The van der Waals surface area contributed by atoms with Crippen LogP contribution in [0.1, 0.15) is 20.8 Å². The van der Waals surface area contributed by atoms with Crippen LogP contribution in [0.5, 0.6) is 0 Å². The van der Waals surface area contributed by atoms with E-state index in [9.17, 15) is 5.26 Å². The van der Waals surface area contributed by atoms with Crippen LogP contribution in [0, 0.1) is 39.4 Å². The highest BCUT2D eigenvalue weighted by Gasteiger charge is 3.03. The predicted octanol–water partition coefficient (Wildman–Crippen LogP) is 1.37. The number of ether oxygens (including phenoxy) is 2. The van der Waals surface area contributed by atoms with Gasteiger partial charge in [0, 0.05) is 22.7 Å². The van der Waals surface area contributed by atoms with Gasteiger partial charge in [0.25, 0.3) is 0 Å². The highest BCUT2D eigenvalue weighted by Crippen LogP contribution is 2.95. The number of hydrogen-bond donors (Lipinski definition) is 0. The molecule has 0 unspecified atom stereocenters. The number of fused-ring (bicyclic) bond motifs is 2. The molecule has 0 aromatic heterocycles. The van der Waals surface area contributed by atoms with Gasteiger partial charge >= 0.3 is 0 Å². The minimum Gasteiger partial charge on any atom is -0.483 e. The molecule has 4 heteroatoms. The third-order valence-electron chi connectivity index (χ3n) is 7.64. The molecular weight excluding hydrogens is 228 g/mol. The zero-order chi connectivity index (χ0) is 12.7. The first-order chi connectivity index (χ1) is 8.45. The van der Waals surface area contributed by atoms with Crippen LogP contribution in [0.2, 0.25) is 0 Å². The second-order valence-corrected chi connectivity index (χ2v) is 7.12. The monoisotopic (exact) mass is 244 g/mol. The summed E-state index contributed by atoms with van der Waals surface area (Å²) in [6.07, 6.45) is 0.215. The molecule has 0 bridgehead atoms. The first kappa shape index (κ1) is 9.80. The first-order valence-corrected chi connectivity index (χ1v) is 6.66. The average Bonchev–Trinajstić information content (AvgIpc) is 2.56. The van der Waals surface area contributed by atoms with E-state index in [2.05, 4.69) is 26.8 Å². The lowest BCUT2D eigenvalue weighted by Gasteiger charge is -2.87. The molecule has 3 saturated carbocycles. The van der Waals surface area contributed by atoms with Crippen molar-refractivity contribution in [3.63, 3.8) is 0 Å². The number of nitriles is 1. The third-order valence-corrected chi connectivity index (χ3v) is 7.64. The maximum absolute atomic E-state index is 9.81. The third kappa shape index (κ3) is 0.431. The zero-order valence-electron chi connectivity index (χ0n) is 11.0. The SMILES string of the molecule is COC1=N[C@@]2(C)[C@H]3O[C@@H]4[C@@H]5[C@H]3[C@]2(C)[C@]5(C)[C@]14C#N. The van der Waals surface area contributed by atoms with Gasteiger partial charge in [-0.3, -0.25) is 0 Å². The molecule has 2 aliphatic heterocycles. The molecule has 8 atom stereocenters. The summed E-state index contributed by atoms with van der Waals surface area (Å²) in [5, 5.41) is 9.81. The Labute approximate surface area is 106 Å². The molecule has 0 N–H and O–H groups in total. The van der Waals surface area contributed by atoms with E-state index >= 15 is 0 Å². The Bertz CT molecular complexity index is 595. The molecule has 5 rings (SSSR count). The Kier molecular flexibility index (Phi) is 1.10. The Balaban J connectivity index is 1.90. The molecule has 0 aromatic carbocycles. The molecule has 5 aliphatic rings. The van der Waals surface area contributed by atoms with Crippen molar-refractivity contribution < 1.29 is 9.47 Å². The molecule has 0 aromatic rings. The van der Waals surface area contributed by atoms with Gasteiger partial charge in [0.2, 0.25) is 5.90 Å². The summed E-state index contributed by atoms with van der Waals surface area (Å²) in [4.78, 5) is 4.83. The van der Waals surface area contributed by atoms with E-state index in [0.717, 1.165) is 0 Å². The van der Waals surface area contributed by atoms with Gasteiger partial charge in [0.1, 0.15) is 0 Å². The predicted molar refractivity (Wildman–Crippen MR) is 62.8 cm³/mol. The van der Waals surface area contributed by atoms with Crippen LogP contribution in [-0.4, -0.2) is 30.8 Å². The summed E-state index contributed by atoms with van der Waals surface area (Å²) in [6.45, 7) is 6.74. The number of hydrogen-bond acceptors (Lipinski definition) is 4. The van der Waals surface area contributed by atoms with Gasteiger partial charge in [-0.2, -0.15) is 5.26 Å². The smallest absolute Gasteiger partial charge is 0.208 e. The molecule has 3 aliphatic carbocycles. The Morgan fingerprint density at radius 2 is 1.89 bits per heavy atom. The molecule has 4 fully saturated rings. The normalized spacial score (nSPS) is 72.3. The van der Waals surface area contributed by atoms with E-state index in [1.807, 2.05) is 0 Å². The van der Waals surface area contributed by atoms with Gasteiger partial charge in [-0.1, -0.05) is 13.8 Å². The fourth-order valence-corrected chi connectivity index (χ4v) is 6.67.